The van der Waals surface area contributed by atoms with Gasteiger partial charge in [-0.15, -0.1) is 0 Å². The Hall–Kier alpha value is -3.02. The summed E-state index contributed by atoms with van der Waals surface area (Å²) in [5.74, 6) is -1.01. The van der Waals surface area contributed by atoms with Crippen LogP contribution in [0.1, 0.15) is 29.7 Å². The fourth-order valence-corrected chi connectivity index (χ4v) is 2.21. The number of nitrogens with zero attached hydrogens (tertiary/aromatic N) is 2. The Morgan fingerprint density at radius 2 is 1.73 bits per heavy atom. The maximum atomic E-state index is 9.84. The maximum Gasteiger partial charge on any atom is 0.176 e. The first-order chi connectivity index (χ1) is 10.5. The van der Waals surface area contributed by atoms with Crippen molar-refractivity contribution < 1.29 is 14.9 Å². The molecule has 0 fully saturated rings. The first kappa shape index (κ1) is 15.4. The average molecular weight is 294 g/mol. The summed E-state index contributed by atoms with van der Waals surface area (Å²) in [6, 6.07) is 12.1. The first-order valence-electron chi connectivity index (χ1n) is 6.55. The van der Waals surface area contributed by atoms with Crippen LogP contribution in [0.5, 0.6) is 11.5 Å². The van der Waals surface area contributed by atoms with E-state index in [0.29, 0.717) is 11.1 Å². The van der Waals surface area contributed by atoms with Crippen LogP contribution in [0.2, 0.25) is 0 Å². The van der Waals surface area contributed by atoms with Gasteiger partial charge in [0.2, 0.25) is 0 Å². The minimum absolute atomic E-state index is 0.0758. The van der Waals surface area contributed by atoms with Gasteiger partial charge in [0.15, 0.2) is 11.5 Å². The molecule has 1 unspecified atom stereocenters. The molecular formula is C17H14N2O3. The number of ether oxygens (including phenoxy) is 1. The molecule has 0 bridgehead atoms. The third kappa shape index (κ3) is 2.58. The minimum atomic E-state index is -0.522. The van der Waals surface area contributed by atoms with Gasteiger partial charge in [-0.05, 0) is 18.1 Å². The standard InChI is InChI=1S/C17H14N2O3/c1-10(22-2)11-3-5-12(6-4-11)16-13(8-18)7-15(20)17(21)14(16)9-19/h3-7,10,20-21H,1-2H3. The van der Waals surface area contributed by atoms with Gasteiger partial charge >= 0.3 is 0 Å². The second-order valence-corrected chi connectivity index (χ2v) is 4.77. The van der Waals surface area contributed by atoms with Crippen LogP contribution in [-0.2, 0) is 4.74 Å². The van der Waals surface area contributed by atoms with Gasteiger partial charge in [-0.2, -0.15) is 10.5 Å². The van der Waals surface area contributed by atoms with Crippen molar-refractivity contribution in [2.45, 2.75) is 13.0 Å². The van der Waals surface area contributed by atoms with Crippen LogP contribution in [0.3, 0.4) is 0 Å². The molecule has 2 aromatic carbocycles. The number of phenols is 2. The highest BCUT2D eigenvalue weighted by Crippen LogP contribution is 2.39. The Balaban J connectivity index is 2.65. The molecule has 0 radical (unpaired) electrons. The lowest BCUT2D eigenvalue weighted by molar-refractivity contribution is 0.119. The average Bonchev–Trinajstić information content (AvgIpc) is 2.56. The van der Waals surface area contributed by atoms with Crippen molar-refractivity contribution in [3.05, 3.63) is 47.0 Å². The van der Waals surface area contributed by atoms with Crippen LogP contribution >= 0.6 is 0 Å². The fourth-order valence-electron chi connectivity index (χ4n) is 2.21. The number of aromatic hydroxyl groups is 2. The van der Waals surface area contributed by atoms with E-state index in [1.54, 1.807) is 19.2 Å². The van der Waals surface area contributed by atoms with Gasteiger partial charge < -0.3 is 14.9 Å². The summed E-state index contributed by atoms with van der Waals surface area (Å²) in [7, 11) is 1.61. The van der Waals surface area contributed by atoms with E-state index in [9.17, 15) is 20.7 Å². The highest BCUT2D eigenvalue weighted by Gasteiger charge is 2.19. The van der Waals surface area contributed by atoms with Gasteiger partial charge in [-0.1, -0.05) is 24.3 Å². The third-order valence-corrected chi connectivity index (χ3v) is 3.53. The van der Waals surface area contributed by atoms with Crippen LogP contribution in [0, 0.1) is 22.7 Å². The number of benzene rings is 2. The lowest BCUT2D eigenvalue weighted by atomic mass is 9.93. The highest BCUT2D eigenvalue weighted by atomic mass is 16.5. The largest absolute Gasteiger partial charge is 0.504 e. The van der Waals surface area contributed by atoms with E-state index in [0.717, 1.165) is 11.6 Å². The second kappa shape index (κ2) is 6.17. The summed E-state index contributed by atoms with van der Waals surface area (Å²) in [6.45, 7) is 1.91. The fraction of sp³-hybridized carbons (Fsp3) is 0.176. The van der Waals surface area contributed by atoms with E-state index in [-0.39, 0.29) is 17.2 Å². The molecule has 0 saturated heterocycles. The molecule has 2 rings (SSSR count). The summed E-state index contributed by atoms with van der Waals surface area (Å²) in [5, 5.41) is 37.9. The van der Waals surface area contributed by atoms with Crippen LogP contribution in [0.15, 0.2) is 30.3 Å². The molecule has 0 heterocycles. The number of rotatable bonds is 3. The Morgan fingerprint density at radius 3 is 2.23 bits per heavy atom. The molecule has 110 valence electrons. The summed E-state index contributed by atoms with van der Waals surface area (Å²) in [6.07, 6.45) is -0.0758. The smallest absolute Gasteiger partial charge is 0.176 e. The Kier molecular flexibility index (Phi) is 4.31. The maximum absolute atomic E-state index is 9.84. The van der Waals surface area contributed by atoms with Gasteiger partial charge in [0, 0.05) is 18.7 Å². The van der Waals surface area contributed by atoms with Crippen molar-refractivity contribution in [2.24, 2.45) is 0 Å². The van der Waals surface area contributed by atoms with E-state index >= 15 is 0 Å². The zero-order chi connectivity index (χ0) is 16.3. The van der Waals surface area contributed by atoms with E-state index < -0.39 is 11.5 Å². The summed E-state index contributed by atoms with van der Waals surface area (Å²) < 4.78 is 5.23. The molecular weight excluding hydrogens is 280 g/mol. The van der Waals surface area contributed by atoms with Crippen molar-refractivity contribution in [1.82, 2.24) is 0 Å². The summed E-state index contributed by atoms with van der Waals surface area (Å²) in [5.41, 5.74) is 1.86. The molecule has 2 N–H and O–H groups in total. The molecule has 0 aliphatic heterocycles. The second-order valence-electron chi connectivity index (χ2n) is 4.77. The van der Waals surface area contributed by atoms with Crippen LogP contribution in [0.25, 0.3) is 11.1 Å². The van der Waals surface area contributed by atoms with E-state index in [1.807, 2.05) is 31.2 Å². The predicted octanol–water partition coefficient (Wildman–Crippen LogP) is 3.22. The van der Waals surface area contributed by atoms with Gasteiger partial charge in [0.1, 0.15) is 11.6 Å². The van der Waals surface area contributed by atoms with Crippen LogP contribution in [-0.4, -0.2) is 17.3 Å². The lowest BCUT2D eigenvalue weighted by Gasteiger charge is -2.13. The van der Waals surface area contributed by atoms with E-state index in [2.05, 4.69) is 0 Å². The van der Waals surface area contributed by atoms with E-state index in [1.165, 1.54) is 0 Å². The normalized spacial score (nSPS) is 11.5. The molecule has 0 amide bonds. The Morgan fingerprint density at radius 1 is 1.09 bits per heavy atom. The van der Waals surface area contributed by atoms with Gasteiger partial charge in [-0.3, -0.25) is 0 Å². The predicted molar refractivity (Wildman–Crippen MR) is 80.1 cm³/mol. The Labute approximate surface area is 128 Å². The molecule has 5 nitrogen and oxygen atoms in total. The molecule has 0 aromatic heterocycles. The quantitative estimate of drug-likeness (QED) is 0.847. The molecule has 22 heavy (non-hydrogen) atoms. The van der Waals surface area contributed by atoms with Crippen molar-refractivity contribution in [3.63, 3.8) is 0 Å². The van der Waals surface area contributed by atoms with Crippen LogP contribution in [0.4, 0.5) is 0 Å². The van der Waals surface area contributed by atoms with Gasteiger partial charge in [-0.25, -0.2) is 0 Å². The summed E-state index contributed by atoms with van der Waals surface area (Å²) >= 11 is 0. The number of methoxy groups -OCH3 is 1. The summed E-state index contributed by atoms with van der Waals surface area (Å²) in [4.78, 5) is 0. The first-order valence-corrected chi connectivity index (χ1v) is 6.55. The molecule has 1 atom stereocenters. The van der Waals surface area contributed by atoms with Gasteiger partial charge in [0.25, 0.3) is 0 Å². The van der Waals surface area contributed by atoms with Crippen molar-refractivity contribution in [2.75, 3.05) is 7.11 Å². The van der Waals surface area contributed by atoms with Crippen molar-refractivity contribution in [1.29, 1.82) is 10.5 Å². The molecule has 5 heteroatoms. The topological polar surface area (TPSA) is 97.3 Å². The van der Waals surface area contributed by atoms with Crippen molar-refractivity contribution >= 4 is 0 Å². The minimum Gasteiger partial charge on any atom is -0.504 e. The SMILES string of the molecule is COC(C)c1ccc(-c2c(C#N)cc(O)c(O)c2C#N)cc1. The van der Waals surface area contributed by atoms with Gasteiger partial charge in [0.05, 0.1) is 17.7 Å². The van der Waals surface area contributed by atoms with Crippen LogP contribution < -0.4 is 0 Å². The number of hydrogen-bond acceptors (Lipinski definition) is 5. The molecule has 2 aromatic rings. The Bertz CT molecular complexity index is 784. The van der Waals surface area contributed by atoms with Crippen molar-refractivity contribution in [3.8, 4) is 34.8 Å². The van der Waals surface area contributed by atoms with E-state index in [4.69, 9.17) is 4.74 Å². The molecule has 0 aliphatic rings. The zero-order valence-corrected chi connectivity index (χ0v) is 12.2. The molecule has 0 spiro atoms. The molecule has 0 aliphatic carbocycles. The monoisotopic (exact) mass is 294 g/mol. The number of hydrogen-bond donors (Lipinski definition) is 2. The zero-order valence-electron chi connectivity index (χ0n) is 12.2. The lowest BCUT2D eigenvalue weighted by Crippen LogP contribution is -1.96. The number of phenolic OH excluding ortho intramolecular Hbond substituents is 2. The molecule has 0 saturated carbocycles. The third-order valence-electron chi connectivity index (χ3n) is 3.53. The number of nitriles is 2. The highest BCUT2D eigenvalue weighted by molar-refractivity contribution is 5.81.